The number of piperidine rings is 1. The topological polar surface area (TPSA) is 62.8 Å². The number of aromatic nitrogens is 2. The molecule has 160 valence electrons. The van der Waals surface area contributed by atoms with Crippen molar-refractivity contribution >= 4 is 18.4 Å². The molecule has 31 heavy (non-hydrogen) atoms. The minimum Gasteiger partial charge on any atom is -0.494 e. The lowest BCUT2D eigenvalue weighted by atomic mass is 10.1. The van der Waals surface area contributed by atoms with Gasteiger partial charge in [-0.1, -0.05) is 36.4 Å². The zero-order chi connectivity index (χ0) is 22.0. The average molecular weight is 435 g/mol. The van der Waals surface area contributed by atoms with Gasteiger partial charge in [0.2, 0.25) is 5.88 Å². The molecular formula is C24H26N4O2S. The van der Waals surface area contributed by atoms with E-state index in [-0.39, 0.29) is 21.8 Å². The molecule has 0 aliphatic carbocycles. The average Bonchev–Trinajstić information content (AvgIpc) is 2.77. The molecule has 1 aliphatic rings. The van der Waals surface area contributed by atoms with Crippen LogP contribution in [0.1, 0.15) is 36.0 Å². The van der Waals surface area contributed by atoms with Crippen LogP contribution < -0.4 is 5.56 Å². The second kappa shape index (κ2) is 8.89. The molecule has 1 aliphatic heterocycles. The predicted molar refractivity (Wildman–Crippen MR) is 126 cm³/mol. The second-order valence-electron chi connectivity index (χ2n) is 7.83. The van der Waals surface area contributed by atoms with Crippen LogP contribution in [0.25, 0.3) is 11.4 Å². The number of hydrazone groups is 1. The molecule has 0 atom stereocenters. The SMILES string of the molecule is Cc1ccccc1-n1c(O)c(/C=N/N2CCCCC2)c(=O)n(-c2ccccc2C)c1=S. The fourth-order valence-electron chi connectivity index (χ4n) is 3.92. The quantitative estimate of drug-likeness (QED) is 0.485. The van der Waals surface area contributed by atoms with E-state index in [1.165, 1.54) is 17.2 Å². The molecule has 2 aromatic carbocycles. The van der Waals surface area contributed by atoms with Crippen LogP contribution in [0, 0.1) is 18.6 Å². The van der Waals surface area contributed by atoms with Gasteiger partial charge in [-0.3, -0.25) is 18.9 Å². The molecule has 0 amide bonds. The number of para-hydroxylation sites is 2. The Morgan fingerprint density at radius 1 is 0.903 bits per heavy atom. The molecule has 0 unspecified atom stereocenters. The van der Waals surface area contributed by atoms with Crippen molar-refractivity contribution in [3.8, 4) is 17.3 Å². The summed E-state index contributed by atoms with van der Waals surface area (Å²) in [6.07, 6.45) is 4.81. The summed E-state index contributed by atoms with van der Waals surface area (Å²) in [7, 11) is 0. The van der Waals surface area contributed by atoms with Gasteiger partial charge in [0, 0.05) is 13.1 Å². The van der Waals surface area contributed by atoms with E-state index in [0.717, 1.165) is 42.7 Å². The normalized spacial score (nSPS) is 14.3. The first-order valence-electron chi connectivity index (χ1n) is 10.5. The molecule has 1 N–H and O–H groups in total. The summed E-state index contributed by atoms with van der Waals surface area (Å²) in [5.41, 5.74) is 2.99. The number of benzene rings is 2. The maximum atomic E-state index is 13.5. The maximum Gasteiger partial charge on any atom is 0.271 e. The number of rotatable bonds is 4. The Hall–Kier alpha value is -3.19. The Bertz CT molecular complexity index is 1250. The Morgan fingerprint density at radius 3 is 2.03 bits per heavy atom. The lowest BCUT2D eigenvalue weighted by molar-refractivity contribution is 0.240. The van der Waals surface area contributed by atoms with Crippen LogP contribution in [-0.4, -0.2) is 38.6 Å². The smallest absolute Gasteiger partial charge is 0.271 e. The highest BCUT2D eigenvalue weighted by Gasteiger charge is 2.20. The Labute approximate surface area is 186 Å². The molecule has 0 spiro atoms. The number of aryl methyl sites for hydroxylation is 2. The number of hydrogen-bond acceptors (Lipinski definition) is 5. The summed E-state index contributed by atoms with van der Waals surface area (Å²) < 4.78 is 3.24. The highest BCUT2D eigenvalue weighted by Crippen LogP contribution is 2.24. The van der Waals surface area contributed by atoms with Crippen LogP contribution in [0.2, 0.25) is 0 Å². The molecule has 1 fully saturated rings. The Balaban J connectivity index is 2.00. The van der Waals surface area contributed by atoms with Gasteiger partial charge in [0.1, 0.15) is 5.56 Å². The molecule has 1 aromatic heterocycles. The van der Waals surface area contributed by atoms with Crippen molar-refractivity contribution in [3.63, 3.8) is 0 Å². The molecule has 0 bridgehead atoms. The Kier molecular flexibility index (Phi) is 6.04. The number of aromatic hydroxyl groups is 1. The predicted octanol–water partition coefficient (Wildman–Crippen LogP) is 4.50. The van der Waals surface area contributed by atoms with Crippen LogP contribution >= 0.6 is 12.2 Å². The van der Waals surface area contributed by atoms with E-state index < -0.39 is 0 Å². The molecule has 7 heteroatoms. The van der Waals surface area contributed by atoms with Crippen LogP contribution in [0.4, 0.5) is 0 Å². The van der Waals surface area contributed by atoms with E-state index in [0.29, 0.717) is 5.69 Å². The molecular weight excluding hydrogens is 408 g/mol. The first-order chi connectivity index (χ1) is 15.0. The third-order valence-electron chi connectivity index (χ3n) is 5.66. The van der Waals surface area contributed by atoms with Gasteiger partial charge in [-0.2, -0.15) is 5.10 Å². The Morgan fingerprint density at radius 2 is 1.45 bits per heavy atom. The van der Waals surface area contributed by atoms with Crippen molar-refractivity contribution in [3.05, 3.63) is 80.3 Å². The van der Waals surface area contributed by atoms with Gasteiger partial charge < -0.3 is 5.11 Å². The molecule has 3 aromatic rings. The molecule has 2 heterocycles. The third kappa shape index (κ3) is 4.05. The largest absolute Gasteiger partial charge is 0.494 e. The van der Waals surface area contributed by atoms with Crippen molar-refractivity contribution < 1.29 is 5.11 Å². The highest BCUT2D eigenvalue weighted by atomic mass is 32.1. The zero-order valence-corrected chi connectivity index (χ0v) is 18.6. The second-order valence-corrected chi connectivity index (χ2v) is 8.19. The van der Waals surface area contributed by atoms with E-state index in [1.807, 2.05) is 67.4 Å². The summed E-state index contributed by atoms with van der Waals surface area (Å²) in [6.45, 7) is 5.57. The van der Waals surface area contributed by atoms with Gasteiger partial charge >= 0.3 is 0 Å². The van der Waals surface area contributed by atoms with Crippen molar-refractivity contribution in [2.45, 2.75) is 33.1 Å². The van der Waals surface area contributed by atoms with Crippen molar-refractivity contribution in [1.82, 2.24) is 14.1 Å². The lowest BCUT2D eigenvalue weighted by Gasteiger charge is -2.23. The maximum absolute atomic E-state index is 13.5. The van der Waals surface area contributed by atoms with Crippen molar-refractivity contribution in [2.75, 3.05) is 13.1 Å². The van der Waals surface area contributed by atoms with E-state index in [2.05, 4.69) is 5.10 Å². The van der Waals surface area contributed by atoms with Crippen LogP contribution in [0.5, 0.6) is 5.88 Å². The summed E-state index contributed by atoms with van der Waals surface area (Å²) in [5, 5.41) is 17.6. The standard InChI is InChI=1S/C24H26N4O2S/c1-17-10-4-6-12-20(17)27-22(29)19(16-25-26-14-8-3-9-15-26)23(30)28(24(27)31)21-13-7-5-11-18(21)2/h4-7,10-13,16,29H,3,8-9,14-15H2,1-2H3/b25-16+. The van der Waals surface area contributed by atoms with E-state index >= 15 is 0 Å². The molecule has 6 nitrogen and oxygen atoms in total. The first-order valence-corrected chi connectivity index (χ1v) is 10.9. The summed E-state index contributed by atoms with van der Waals surface area (Å²) in [5.74, 6) is -0.199. The summed E-state index contributed by atoms with van der Waals surface area (Å²) in [4.78, 5) is 13.5. The van der Waals surface area contributed by atoms with Gasteiger partial charge in [0.05, 0.1) is 17.6 Å². The van der Waals surface area contributed by atoms with Crippen LogP contribution in [-0.2, 0) is 0 Å². The number of nitrogens with zero attached hydrogens (tertiary/aromatic N) is 4. The zero-order valence-electron chi connectivity index (χ0n) is 17.8. The fraction of sp³-hybridized carbons (Fsp3) is 0.292. The van der Waals surface area contributed by atoms with Gasteiger partial charge in [0.15, 0.2) is 4.77 Å². The fourth-order valence-corrected chi connectivity index (χ4v) is 4.28. The first kappa shape index (κ1) is 21.1. The molecule has 0 radical (unpaired) electrons. The van der Waals surface area contributed by atoms with Gasteiger partial charge in [-0.05, 0) is 68.6 Å². The van der Waals surface area contributed by atoms with Gasteiger partial charge in [-0.15, -0.1) is 0 Å². The number of hydrogen-bond donors (Lipinski definition) is 1. The summed E-state index contributed by atoms with van der Waals surface area (Å²) in [6, 6.07) is 15.2. The highest BCUT2D eigenvalue weighted by molar-refractivity contribution is 7.71. The van der Waals surface area contributed by atoms with E-state index in [9.17, 15) is 9.90 Å². The monoisotopic (exact) mass is 434 g/mol. The van der Waals surface area contributed by atoms with Crippen molar-refractivity contribution in [2.24, 2.45) is 5.10 Å². The minimum atomic E-state index is -0.387. The lowest BCUT2D eigenvalue weighted by Crippen LogP contribution is -2.29. The van der Waals surface area contributed by atoms with Crippen LogP contribution in [0.15, 0.2) is 58.4 Å². The van der Waals surface area contributed by atoms with Crippen LogP contribution in [0.3, 0.4) is 0 Å². The molecule has 4 rings (SSSR count). The van der Waals surface area contributed by atoms with Gasteiger partial charge in [-0.25, -0.2) is 0 Å². The van der Waals surface area contributed by atoms with E-state index in [1.54, 1.807) is 4.57 Å². The minimum absolute atomic E-state index is 0.116. The van der Waals surface area contributed by atoms with Gasteiger partial charge in [0.25, 0.3) is 5.56 Å². The van der Waals surface area contributed by atoms with Crippen molar-refractivity contribution in [1.29, 1.82) is 0 Å². The molecule has 1 saturated heterocycles. The van der Waals surface area contributed by atoms with E-state index in [4.69, 9.17) is 12.2 Å². The summed E-state index contributed by atoms with van der Waals surface area (Å²) >= 11 is 5.73. The molecule has 0 saturated carbocycles. The third-order valence-corrected chi connectivity index (χ3v) is 6.03.